The highest BCUT2D eigenvalue weighted by atomic mass is 35.5. The number of aryl methyl sites for hydroxylation is 1. The first kappa shape index (κ1) is 18.6. The van der Waals surface area contributed by atoms with E-state index in [1.165, 1.54) is 12.1 Å². The fourth-order valence-corrected chi connectivity index (χ4v) is 5.28. The number of halogens is 2. The van der Waals surface area contributed by atoms with Crippen molar-refractivity contribution in [2.24, 2.45) is 0 Å². The molecule has 1 aromatic carbocycles. The third-order valence-electron chi connectivity index (χ3n) is 5.73. The number of benzene rings is 1. The van der Waals surface area contributed by atoms with Crippen LogP contribution in [0, 0.1) is 5.82 Å². The zero-order valence-electron chi connectivity index (χ0n) is 15.5. The number of hydrogen-bond donors (Lipinski definition) is 0. The molecule has 1 saturated heterocycles. The van der Waals surface area contributed by atoms with Crippen LogP contribution in [0.1, 0.15) is 46.1 Å². The lowest BCUT2D eigenvalue weighted by Crippen LogP contribution is -2.45. The zero-order chi connectivity index (χ0) is 20.0. The summed E-state index contributed by atoms with van der Waals surface area (Å²) in [5.74, 6) is 0.453. The molecule has 2 unspecified atom stereocenters. The second-order valence-electron chi connectivity index (χ2n) is 7.52. The van der Waals surface area contributed by atoms with Gasteiger partial charge in [0.15, 0.2) is 5.82 Å². The van der Waals surface area contributed by atoms with Gasteiger partial charge in [0, 0.05) is 41.8 Å². The van der Waals surface area contributed by atoms with Crippen LogP contribution in [0.4, 0.5) is 4.39 Å². The molecule has 2 aliphatic rings. The summed E-state index contributed by atoms with van der Waals surface area (Å²) in [5, 5.41) is 3.43. The van der Waals surface area contributed by atoms with Gasteiger partial charge in [-0.2, -0.15) is 0 Å². The van der Waals surface area contributed by atoms with Gasteiger partial charge in [0.25, 0.3) is 5.91 Å². The number of nitrogens with zero attached hydrogens (tertiary/aromatic N) is 4. The Bertz CT molecular complexity index is 1070. The van der Waals surface area contributed by atoms with Crippen LogP contribution in [0.5, 0.6) is 0 Å². The van der Waals surface area contributed by atoms with Gasteiger partial charge in [0.2, 0.25) is 0 Å². The van der Waals surface area contributed by atoms with Crippen molar-refractivity contribution in [2.45, 2.75) is 37.6 Å². The summed E-state index contributed by atoms with van der Waals surface area (Å²) in [7, 11) is 0. The first-order valence-electron chi connectivity index (χ1n) is 9.61. The lowest BCUT2D eigenvalue weighted by Gasteiger charge is -2.38. The molecule has 0 aliphatic carbocycles. The summed E-state index contributed by atoms with van der Waals surface area (Å²) in [6, 6.07) is 4.70. The monoisotopic (exact) mass is 428 g/mol. The molecule has 4 heterocycles. The smallest absolute Gasteiger partial charge is 0.254 e. The highest BCUT2D eigenvalue weighted by Gasteiger charge is 2.36. The minimum atomic E-state index is -0.283. The standard InChI is InChI=1S/C21H18ClFN4OS/c22-14-8-24-19(25-9-14)18-11-29-20(26-18)13-2-5-16-4-1-12-7-15(23)3-6-17(12)21(28)27(16)10-13/h3,6-9,11,13,16H,1-2,4-5,10H2. The average Bonchev–Trinajstić information content (AvgIpc) is 3.18. The number of amides is 1. The van der Waals surface area contributed by atoms with E-state index in [0.29, 0.717) is 23.0 Å². The molecule has 29 heavy (non-hydrogen) atoms. The summed E-state index contributed by atoms with van der Waals surface area (Å²) in [6.45, 7) is 0.634. The van der Waals surface area contributed by atoms with Gasteiger partial charge in [-0.15, -0.1) is 11.3 Å². The Morgan fingerprint density at radius 1 is 1.17 bits per heavy atom. The van der Waals surface area contributed by atoms with Gasteiger partial charge >= 0.3 is 0 Å². The lowest BCUT2D eigenvalue weighted by atomic mass is 9.91. The number of carbonyl (C=O) groups is 1. The number of carbonyl (C=O) groups excluding carboxylic acids is 1. The quantitative estimate of drug-likeness (QED) is 0.592. The van der Waals surface area contributed by atoms with Crippen LogP contribution < -0.4 is 0 Å². The maximum atomic E-state index is 13.6. The van der Waals surface area contributed by atoms with Crippen molar-refractivity contribution in [3.8, 4) is 11.5 Å². The Labute approximate surface area is 176 Å². The van der Waals surface area contributed by atoms with Crippen molar-refractivity contribution in [3.63, 3.8) is 0 Å². The highest BCUT2D eigenvalue weighted by Crippen LogP contribution is 2.37. The van der Waals surface area contributed by atoms with Gasteiger partial charge in [-0.25, -0.2) is 19.3 Å². The van der Waals surface area contributed by atoms with Gasteiger partial charge in [-0.05, 0) is 49.4 Å². The van der Waals surface area contributed by atoms with Gasteiger partial charge in [-0.1, -0.05) is 11.6 Å². The summed E-state index contributed by atoms with van der Waals surface area (Å²) >= 11 is 7.44. The predicted octanol–water partition coefficient (Wildman–Crippen LogP) is 4.73. The molecule has 8 heteroatoms. The van der Waals surface area contributed by atoms with Crippen LogP contribution >= 0.6 is 22.9 Å². The first-order valence-corrected chi connectivity index (χ1v) is 10.9. The number of aromatic nitrogens is 3. The minimum absolute atomic E-state index is 0.00464. The molecule has 5 nitrogen and oxygen atoms in total. The third-order valence-corrected chi connectivity index (χ3v) is 6.93. The number of thiazole rings is 1. The van der Waals surface area contributed by atoms with E-state index in [9.17, 15) is 9.18 Å². The fraction of sp³-hybridized carbons (Fsp3) is 0.333. The fourth-order valence-electron chi connectivity index (χ4n) is 4.25. The van der Waals surface area contributed by atoms with E-state index in [2.05, 4.69) is 9.97 Å². The number of piperidine rings is 1. The molecule has 3 aromatic rings. The van der Waals surface area contributed by atoms with Crippen LogP contribution in [0.3, 0.4) is 0 Å². The number of fused-ring (bicyclic) bond motifs is 2. The average molecular weight is 429 g/mol. The minimum Gasteiger partial charge on any atom is -0.335 e. The second kappa shape index (κ2) is 7.46. The van der Waals surface area contributed by atoms with Crippen molar-refractivity contribution < 1.29 is 9.18 Å². The van der Waals surface area contributed by atoms with Gasteiger partial charge < -0.3 is 4.90 Å². The molecule has 0 N–H and O–H groups in total. The molecule has 148 valence electrons. The Morgan fingerprint density at radius 2 is 2.00 bits per heavy atom. The lowest BCUT2D eigenvalue weighted by molar-refractivity contribution is 0.0588. The summed E-state index contributed by atoms with van der Waals surface area (Å²) in [4.78, 5) is 28.4. The topological polar surface area (TPSA) is 59.0 Å². The Balaban J connectivity index is 1.39. The molecule has 2 atom stereocenters. The van der Waals surface area contributed by atoms with Crippen molar-refractivity contribution in [2.75, 3.05) is 6.54 Å². The summed E-state index contributed by atoms with van der Waals surface area (Å²) in [6.07, 6.45) is 6.64. The van der Waals surface area contributed by atoms with Crippen LogP contribution in [0.25, 0.3) is 11.5 Å². The molecule has 1 fully saturated rings. The maximum absolute atomic E-state index is 13.6. The highest BCUT2D eigenvalue weighted by molar-refractivity contribution is 7.10. The molecule has 1 amide bonds. The molecular formula is C21H18ClFN4OS. The molecule has 0 saturated carbocycles. The zero-order valence-corrected chi connectivity index (χ0v) is 17.1. The molecular weight excluding hydrogens is 411 g/mol. The molecule has 0 spiro atoms. The van der Waals surface area contributed by atoms with E-state index >= 15 is 0 Å². The van der Waals surface area contributed by atoms with E-state index in [1.54, 1.807) is 29.8 Å². The predicted molar refractivity (Wildman–Crippen MR) is 110 cm³/mol. The van der Waals surface area contributed by atoms with Crippen LogP contribution in [0.15, 0.2) is 36.0 Å². The molecule has 2 aliphatic heterocycles. The van der Waals surface area contributed by atoms with Crippen LogP contribution in [0.2, 0.25) is 5.02 Å². The van der Waals surface area contributed by atoms with Crippen molar-refractivity contribution in [1.29, 1.82) is 0 Å². The molecule has 0 radical (unpaired) electrons. The molecule has 0 bridgehead atoms. The third kappa shape index (κ3) is 3.53. The Kier molecular flexibility index (Phi) is 4.80. The van der Waals surface area contributed by atoms with E-state index in [-0.39, 0.29) is 23.7 Å². The Hall–Kier alpha value is -2.38. The van der Waals surface area contributed by atoms with Crippen LogP contribution in [-0.2, 0) is 6.42 Å². The summed E-state index contributed by atoms with van der Waals surface area (Å²) in [5.41, 5.74) is 2.17. The van der Waals surface area contributed by atoms with E-state index < -0.39 is 0 Å². The van der Waals surface area contributed by atoms with E-state index in [1.807, 2.05) is 10.3 Å². The van der Waals surface area contributed by atoms with Crippen molar-refractivity contribution >= 4 is 28.8 Å². The molecule has 2 aromatic heterocycles. The van der Waals surface area contributed by atoms with Crippen molar-refractivity contribution in [1.82, 2.24) is 19.9 Å². The molecule has 5 rings (SSSR count). The maximum Gasteiger partial charge on any atom is 0.254 e. The Morgan fingerprint density at radius 3 is 2.83 bits per heavy atom. The van der Waals surface area contributed by atoms with Crippen LogP contribution in [-0.4, -0.2) is 38.3 Å². The van der Waals surface area contributed by atoms with Gasteiger partial charge in [0.05, 0.1) is 10.0 Å². The number of hydrogen-bond acceptors (Lipinski definition) is 5. The number of rotatable bonds is 2. The van der Waals surface area contributed by atoms with Crippen molar-refractivity contribution in [3.05, 3.63) is 62.9 Å². The SMILES string of the molecule is O=C1c2ccc(F)cc2CCC2CCC(c3nc(-c4ncc(Cl)cn4)cs3)CN12. The second-order valence-corrected chi connectivity index (χ2v) is 8.85. The first-order chi connectivity index (χ1) is 14.1. The largest absolute Gasteiger partial charge is 0.335 e. The van der Waals surface area contributed by atoms with Gasteiger partial charge in [0.1, 0.15) is 11.5 Å². The van der Waals surface area contributed by atoms with E-state index in [4.69, 9.17) is 16.6 Å². The normalized spacial score (nSPS) is 21.4. The van der Waals surface area contributed by atoms with Gasteiger partial charge in [-0.3, -0.25) is 4.79 Å². The van der Waals surface area contributed by atoms with E-state index in [0.717, 1.165) is 41.9 Å². The summed E-state index contributed by atoms with van der Waals surface area (Å²) < 4.78 is 13.6.